The summed E-state index contributed by atoms with van der Waals surface area (Å²) < 4.78 is 11.1. The van der Waals surface area contributed by atoms with Crippen LogP contribution in [0.2, 0.25) is 0 Å². The smallest absolute Gasteiger partial charge is 0.292 e. The van der Waals surface area contributed by atoms with Gasteiger partial charge in [-0.15, -0.1) is 0 Å². The molecule has 0 bridgehead atoms. The number of benzene rings is 1. The van der Waals surface area contributed by atoms with Crippen molar-refractivity contribution >= 4 is 28.1 Å². The maximum atomic E-state index is 11.6. The minimum Gasteiger partial charge on any atom is -0.377 e. The van der Waals surface area contributed by atoms with Crippen LogP contribution in [0.1, 0.15) is 23.7 Å². The fraction of sp³-hybridized carbons (Fsp3) is 0.462. The summed E-state index contributed by atoms with van der Waals surface area (Å²) in [6.07, 6.45) is 2.23. The summed E-state index contributed by atoms with van der Waals surface area (Å²) in [7, 11) is 0.587. The summed E-state index contributed by atoms with van der Waals surface area (Å²) in [5.74, 6) is 0.201. The highest BCUT2D eigenvalue weighted by atomic mass is 32.2. The van der Waals surface area contributed by atoms with Crippen LogP contribution in [0.3, 0.4) is 0 Å². The first-order valence-corrected chi connectivity index (χ1v) is 8.15. The summed E-state index contributed by atoms with van der Waals surface area (Å²) in [5, 5.41) is 16.5. The first-order chi connectivity index (χ1) is 9.85. The number of nitro benzene ring substituents is 1. The van der Waals surface area contributed by atoms with E-state index in [1.165, 1.54) is 25.2 Å². The lowest BCUT2D eigenvalue weighted by atomic mass is 10.1. The lowest BCUT2D eigenvalue weighted by molar-refractivity contribution is -0.384. The van der Waals surface area contributed by atoms with E-state index < -0.39 is 15.7 Å². The zero-order chi connectivity index (χ0) is 16.0. The Bertz CT molecular complexity index is 562. The zero-order valence-corrected chi connectivity index (χ0v) is 13.0. The monoisotopic (exact) mass is 313 g/mol. The summed E-state index contributed by atoms with van der Waals surface area (Å²) in [4.78, 5) is 22.1. The molecule has 116 valence electrons. The van der Waals surface area contributed by atoms with Crippen LogP contribution in [-0.2, 0) is 10.8 Å². The van der Waals surface area contributed by atoms with Gasteiger partial charge >= 0.3 is 0 Å². The van der Waals surface area contributed by atoms with Crippen molar-refractivity contribution in [2.24, 2.45) is 0 Å². The second-order valence-electron chi connectivity index (χ2n) is 4.68. The molecule has 2 N–H and O–H groups in total. The summed E-state index contributed by atoms with van der Waals surface area (Å²) in [5.41, 5.74) is 0.541. The van der Waals surface area contributed by atoms with Crippen molar-refractivity contribution < 1.29 is 13.9 Å². The van der Waals surface area contributed by atoms with Gasteiger partial charge in [-0.2, -0.15) is 0 Å². The number of nitrogens with zero attached hydrogens (tertiary/aromatic N) is 1. The molecule has 0 aliphatic heterocycles. The van der Waals surface area contributed by atoms with Gasteiger partial charge in [0.15, 0.2) is 0 Å². The van der Waals surface area contributed by atoms with E-state index in [2.05, 4.69) is 10.6 Å². The Balaban J connectivity index is 2.98. The molecule has 0 spiro atoms. The van der Waals surface area contributed by atoms with Crippen LogP contribution in [-0.4, -0.2) is 40.1 Å². The number of carbonyl (C=O) groups excluding carboxylic acids is 1. The third-order valence-electron chi connectivity index (χ3n) is 2.92. The number of hydrogen-bond acceptors (Lipinski definition) is 5. The summed E-state index contributed by atoms with van der Waals surface area (Å²) >= 11 is 0. The van der Waals surface area contributed by atoms with E-state index in [4.69, 9.17) is 0 Å². The molecular weight excluding hydrogens is 294 g/mol. The first kappa shape index (κ1) is 17.1. The van der Waals surface area contributed by atoms with Crippen LogP contribution in [0.4, 0.5) is 11.4 Å². The van der Waals surface area contributed by atoms with Gasteiger partial charge < -0.3 is 10.6 Å². The standard InChI is InChI=1S/C13H19N3O4S/c1-9(6-7-21(3)20)15-11-8-10(13(17)14-2)4-5-12(11)16(18)19/h4-5,8-9,15H,6-7H2,1-3H3,(H,14,17). The molecule has 1 aromatic rings. The van der Waals surface area contributed by atoms with Gasteiger partial charge in [0.05, 0.1) is 4.92 Å². The van der Waals surface area contributed by atoms with E-state index in [1.807, 2.05) is 6.92 Å². The molecule has 8 heteroatoms. The Labute approximate surface area is 125 Å². The predicted octanol–water partition coefficient (Wildman–Crippen LogP) is 1.52. The van der Waals surface area contributed by atoms with E-state index in [-0.39, 0.29) is 23.3 Å². The van der Waals surface area contributed by atoms with Crippen LogP contribution in [0.15, 0.2) is 18.2 Å². The molecular formula is C13H19N3O4S. The van der Waals surface area contributed by atoms with Gasteiger partial charge in [0, 0.05) is 47.5 Å². The first-order valence-electron chi connectivity index (χ1n) is 6.42. The van der Waals surface area contributed by atoms with Crippen LogP contribution >= 0.6 is 0 Å². The predicted molar refractivity (Wildman–Crippen MR) is 83.1 cm³/mol. The van der Waals surface area contributed by atoms with Crippen LogP contribution in [0, 0.1) is 10.1 Å². The topological polar surface area (TPSA) is 101 Å². The lowest BCUT2D eigenvalue weighted by Crippen LogP contribution is -2.21. The van der Waals surface area contributed by atoms with E-state index in [0.29, 0.717) is 17.7 Å². The summed E-state index contributed by atoms with van der Waals surface area (Å²) in [6.45, 7) is 1.85. The Morgan fingerprint density at radius 2 is 2.14 bits per heavy atom. The molecule has 1 rings (SSSR count). The fourth-order valence-electron chi connectivity index (χ4n) is 1.78. The average molecular weight is 313 g/mol. The summed E-state index contributed by atoms with van der Waals surface area (Å²) in [6, 6.07) is 4.08. The van der Waals surface area contributed by atoms with Crippen molar-refractivity contribution in [2.45, 2.75) is 19.4 Å². The molecule has 0 aromatic heterocycles. The Morgan fingerprint density at radius 1 is 1.48 bits per heavy atom. The van der Waals surface area contributed by atoms with Crippen molar-refractivity contribution in [3.63, 3.8) is 0 Å². The highest BCUT2D eigenvalue weighted by molar-refractivity contribution is 7.84. The highest BCUT2D eigenvalue weighted by Crippen LogP contribution is 2.26. The highest BCUT2D eigenvalue weighted by Gasteiger charge is 2.18. The number of rotatable bonds is 7. The van der Waals surface area contributed by atoms with E-state index in [9.17, 15) is 19.1 Å². The van der Waals surface area contributed by atoms with Crippen molar-refractivity contribution in [1.82, 2.24) is 5.32 Å². The van der Waals surface area contributed by atoms with Crippen LogP contribution in [0.5, 0.6) is 0 Å². The van der Waals surface area contributed by atoms with Crippen LogP contribution in [0.25, 0.3) is 0 Å². The second-order valence-corrected chi connectivity index (χ2v) is 6.23. The quantitative estimate of drug-likeness (QED) is 0.587. The second kappa shape index (κ2) is 7.72. The third-order valence-corrected chi connectivity index (χ3v) is 3.73. The Hall–Kier alpha value is -1.96. The van der Waals surface area contributed by atoms with E-state index in [0.717, 1.165) is 0 Å². The van der Waals surface area contributed by atoms with Crippen molar-refractivity contribution in [3.05, 3.63) is 33.9 Å². The van der Waals surface area contributed by atoms with Gasteiger partial charge in [-0.3, -0.25) is 19.1 Å². The van der Waals surface area contributed by atoms with Gasteiger partial charge in [-0.25, -0.2) is 0 Å². The maximum absolute atomic E-state index is 11.6. The molecule has 7 nitrogen and oxygen atoms in total. The van der Waals surface area contributed by atoms with Gasteiger partial charge in [0.1, 0.15) is 5.69 Å². The van der Waals surface area contributed by atoms with Crippen molar-refractivity contribution in [3.8, 4) is 0 Å². The average Bonchev–Trinajstić information content (AvgIpc) is 2.43. The number of hydrogen-bond donors (Lipinski definition) is 2. The molecule has 0 saturated carbocycles. The Morgan fingerprint density at radius 3 is 2.67 bits per heavy atom. The SMILES string of the molecule is CNC(=O)c1ccc([N+](=O)[O-])c(NC(C)CCS(C)=O)c1. The number of anilines is 1. The number of carbonyl (C=O) groups is 1. The van der Waals surface area contributed by atoms with Crippen molar-refractivity contribution in [2.75, 3.05) is 24.4 Å². The maximum Gasteiger partial charge on any atom is 0.292 e. The molecule has 0 saturated heterocycles. The van der Waals surface area contributed by atoms with Gasteiger partial charge in [0.25, 0.3) is 11.6 Å². The molecule has 21 heavy (non-hydrogen) atoms. The van der Waals surface area contributed by atoms with E-state index >= 15 is 0 Å². The number of nitrogens with one attached hydrogen (secondary N) is 2. The molecule has 0 fully saturated rings. The van der Waals surface area contributed by atoms with Gasteiger partial charge in [-0.05, 0) is 25.5 Å². The normalized spacial score (nSPS) is 13.3. The molecule has 0 radical (unpaired) electrons. The van der Waals surface area contributed by atoms with Crippen LogP contribution < -0.4 is 10.6 Å². The lowest BCUT2D eigenvalue weighted by Gasteiger charge is -2.15. The van der Waals surface area contributed by atoms with Gasteiger partial charge in [0.2, 0.25) is 0 Å². The number of amides is 1. The van der Waals surface area contributed by atoms with E-state index in [1.54, 1.807) is 6.26 Å². The zero-order valence-electron chi connectivity index (χ0n) is 12.2. The largest absolute Gasteiger partial charge is 0.377 e. The molecule has 1 amide bonds. The molecule has 0 aliphatic rings. The molecule has 2 unspecified atom stereocenters. The molecule has 0 heterocycles. The third kappa shape index (κ3) is 5.14. The Kier molecular flexibility index (Phi) is 6.29. The van der Waals surface area contributed by atoms with Crippen molar-refractivity contribution in [1.29, 1.82) is 0 Å². The number of nitro groups is 1. The minimum atomic E-state index is -0.909. The van der Waals surface area contributed by atoms with Gasteiger partial charge in [-0.1, -0.05) is 0 Å². The minimum absolute atomic E-state index is 0.0902. The molecule has 2 atom stereocenters. The molecule has 0 aliphatic carbocycles. The fourth-order valence-corrected chi connectivity index (χ4v) is 2.46. The molecule has 1 aromatic carbocycles.